The van der Waals surface area contributed by atoms with Crippen LogP contribution < -0.4 is 0 Å². The normalized spacial score (nSPS) is 33.6. The summed E-state index contributed by atoms with van der Waals surface area (Å²) in [6.45, 7) is 10.8. The highest BCUT2D eigenvalue weighted by Gasteiger charge is 2.54. The van der Waals surface area contributed by atoms with Gasteiger partial charge in [-0.1, -0.05) is 20.8 Å². The summed E-state index contributed by atoms with van der Waals surface area (Å²) in [7, 11) is 0. The lowest BCUT2D eigenvalue weighted by Gasteiger charge is -2.50. The van der Waals surface area contributed by atoms with Crippen LogP contribution in [0.5, 0.6) is 0 Å². The SMILES string of the molecule is CCC[N+]1(CC)C(=O)CC1C(C)C. The molecule has 2 heteroatoms. The standard InChI is InChI=1S/C11H22NO/c1-5-7-12(6-2)10(9(3)4)8-11(12)13/h9-10H,5-8H2,1-4H3/q+1. The van der Waals surface area contributed by atoms with Crippen molar-refractivity contribution in [2.75, 3.05) is 13.1 Å². The van der Waals surface area contributed by atoms with E-state index in [-0.39, 0.29) is 0 Å². The number of carbonyl (C=O) groups is 1. The molecule has 0 bridgehead atoms. The molecule has 1 saturated heterocycles. The van der Waals surface area contributed by atoms with Gasteiger partial charge in [-0.05, 0) is 13.3 Å². The van der Waals surface area contributed by atoms with Crippen molar-refractivity contribution in [2.24, 2.45) is 5.92 Å². The Hall–Kier alpha value is -0.370. The fourth-order valence-electron chi connectivity index (χ4n) is 2.67. The van der Waals surface area contributed by atoms with E-state index in [9.17, 15) is 4.79 Å². The van der Waals surface area contributed by atoms with Crippen LogP contribution in [0.3, 0.4) is 0 Å². The quantitative estimate of drug-likeness (QED) is 0.483. The highest BCUT2D eigenvalue weighted by Crippen LogP contribution is 2.35. The number of nitrogens with zero attached hydrogens (tertiary/aromatic N) is 1. The minimum absolute atomic E-state index is 0.461. The molecule has 2 unspecified atom stereocenters. The minimum Gasteiger partial charge on any atom is -0.257 e. The van der Waals surface area contributed by atoms with E-state index in [1.165, 1.54) is 0 Å². The molecule has 0 aliphatic carbocycles. The molecule has 76 valence electrons. The Kier molecular flexibility index (Phi) is 3.12. The van der Waals surface area contributed by atoms with E-state index in [0.717, 1.165) is 30.4 Å². The maximum Gasteiger partial charge on any atom is 0.320 e. The molecule has 0 radical (unpaired) electrons. The van der Waals surface area contributed by atoms with Gasteiger partial charge in [0.1, 0.15) is 12.5 Å². The lowest BCUT2D eigenvalue weighted by molar-refractivity contribution is -0.909. The van der Waals surface area contributed by atoms with Gasteiger partial charge in [0.25, 0.3) is 0 Å². The zero-order chi connectivity index (χ0) is 10.1. The van der Waals surface area contributed by atoms with Gasteiger partial charge in [0.2, 0.25) is 0 Å². The number of rotatable bonds is 4. The topological polar surface area (TPSA) is 17.1 Å². The molecule has 0 spiro atoms. The predicted molar refractivity (Wildman–Crippen MR) is 54.2 cm³/mol. The molecule has 2 nitrogen and oxygen atoms in total. The molecule has 0 aromatic carbocycles. The van der Waals surface area contributed by atoms with E-state index < -0.39 is 0 Å². The molecule has 0 N–H and O–H groups in total. The van der Waals surface area contributed by atoms with Crippen LogP contribution in [-0.4, -0.2) is 29.5 Å². The summed E-state index contributed by atoms with van der Waals surface area (Å²) in [4.78, 5) is 11.7. The second kappa shape index (κ2) is 3.79. The summed E-state index contributed by atoms with van der Waals surface area (Å²) in [5, 5.41) is 0. The fourth-order valence-corrected chi connectivity index (χ4v) is 2.67. The Labute approximate surface area is 81.5 Å². The Balaban J connectivity index is 2.75. The van der Waals surface area contributed by atoms with Crippen molar-refractivity contribution in [3.8, 4) is 0 Å². The van der Waals surface area contributed by atoms with Crippen LogP contribution in [0, 0.1) is 5.92 Å². The monoisotopic (exact) mass is 184 g/mol. The lowest BCUT2D eigenvalue weighted by atomic mass is 9.86. The van der Waals surface area contributed by atoms with Crippen LogP contribution in [-0.2, 0) is 4.79 Å². The molecule has 0 saturated carbocycles. The second-order valence-corrected chi connectivity index (χ2v) is 4.48. The Morgan fingerprint density at radius 3 is 2.38 bits per heavy atom. The first-order chi connectivity index (χ1) is 6.08. The van der Waals surface area contributed by atoms with Crippen LogP contribution in [0.1, 0.15) is 40.5 Å². The number of quaternary nitrogens is 1. The molecular formula is C11H22NO+. The number of carbonyl (C=O) groups excluding carboxylic acids is 1. The van der Waals surface area contributed by atoms with Gasteiger partial charge in [0.05, 0.1) is 13.1 Å². The molecular weight excluding hydrogens is 162 g/mol. The average molecular weight is 184 g/mol. The van der Waals surface area contributed by atoms with Gasteiger partial charge in [-0.2, -0.15) is 0 Å². The highest BCUT2D eigenvalue weighted by atomic mass is 16.2. The maximum atomic E-state index is 11.7. The molecule has 0 aromatic heterocycles. The van der Waals surface area contributed by atoms with Crippen LogP contribution in [0.2, 0.25) is 0 Å². The van der Waals surface area contributed by atoms with E-state index in [2.05, 4.69) is 27.7 Å². The average Bonchev–Trinajstić information content (AvgIpc) is 2.09. The van der Waals surface area contributed by atoms with Gasteiger partial charge in [-0.25, -0.2) is 4.79 Å². The van der Waals surface area contributed by atoms with Crippen molar-refractivity contribution in [2.45, 2.75) is 46.6 Å². The minimum atomic E-state index is 0.461. The van der Waals surface area contributed by atoms with Crippen molar-refractivity contribution in [3.05, 3.63) is 0 Å². The molecule has 1 aliphatic rings. The number of β-lactam (4-membered cyclic amide) rings is 1. The number of likely N-dealkylation sites (tertiary alicyclic amines) is 1. The molecule has 13 heavy (non-hydrogen) atoms. The first-order valence-electron chi connectivity index (χ1n) is 5.48. The summed E-state index contributed by atoms with van der Waals surface area (Å²) < 4.78 is 0.758. The van der Waals surface area contributed by atoms with Crippen LogP contribution >= 0.6 is 0 Å². The van der Waals surface area contributed by atoms with E-state index in [0.29, 0.717) is 17.9 Å². The van der Waals surface area contributed by atoms with Crippen molar-refractivity contribution in [3.63, 3.8) is 0 Å². The van der Waals surface area contributed by atoms with Crippen molar-refractivity contribution < 1.29 is 9.28 Å². The van der Waals surface area contributed by atoms with E-state index in [4.69, 9.17) is 0 Å². The Bertz CT molecular complexity index is 200. The fraction of sp³-hybridized carbons (Fsp3) is 0.909. The lowest BCUT2D eigenvalue weighted by Crippen LogP contribution is -2.70. The molecule has 1 rings (SSSR count). The van der Waals surface area contributed by atoms with E-state index in [1.54, 1.807) is 0 Å². The zero-order valence-corrected chi connectivity index (χ0v) is 9.34. The largest absolute Gasteiger partial charge is 0.320 e. The third kappa shape index (κ3) is 1.52. The zero-order valence-electron chi connectivity index (χ0n) is 9.34. The molecule has 2 atom stereocenters. The third-order valence-electron chi connectivity index (χ3n) is 3.47. The number of amides is 1. The molecule has 1 amide bonds. The smallest absolute Gasteiger partial charge is 0.257 e. The first kappa shape index (κ1) is 10.7. The van der Waals surface area contributed by atoms with Crippen LogP contribution in [0.4, 0.5) is 0 Å². The molecule has 1 aliphatic heterocycles. The Morgan fingerprint density at radius 2 is 2.08 bits per heavy atom. The summed E-state index contributed by atoms with van der Waals surface area (Å²) >= 11 is 0. The summed E-state index contributed by atoms with van der Waals surface area (Å²) in [6.07, 6.45) is 1.92. The number of hydrogen-bond acceptors (Lipinski definition) is 1. The summed E-state index contributed by atoms with van der Waals surface area (Å²) in [6, 6.07) is 0.595. The molecule has 1 fully saturated rings. The Morgan fingerprint density at radius 1 is 1.46 bits per heavy atom. The van der Waals surface area contributed by atoms with Crippen molar-refractivity contribution in [1.82, 2.24) is 0 Å². The predicted octanol–water partition coefficient (Wildman–Crippen LogP) is 2.19. The van der Waals surface area contributed by atoms with Crippen LogP contribution in [0.15, 0.2) is 0 Å². The first-order valence-corrected chi connectivity index (χ1v) is 5.48. The van der Waals surface area contributed by atoms with Crippen LogP contribution in [0.25, 0.3) is 0 Å². The van der Waals surface area contributed by atoms with Gasteiger partial charge < -0.3 is 0 Å². The van der Waals surface area contributed by atoms with Gasteiger partial charge in [-0.15, -0.1) is 0 Å². The van der Waals surface area contributed by atoms with E-state index >= 15 is 0 Å². The van der Waals surface area contributed by atoms with Gasteiger partial charge in [0.15, 0.2) is 0 Å². The van der Waals surface area contributed by atoms with Gasteiger partial charge in [0, 0.05) is 5.92 Å². The second-order valence-electron chi connectivity index (χ2n) is 4.48. The van der Waals surface area contributed by atoms with Gasteiger partial charge in [-0.3, -0.25) is 4.48 Å². The van der Waals surface area contributed by atoms with Crippen molar-refractivity contribution >= 4 is 5.91 Å². The molecule has 0 aromatic rings. The summed E-state index contributed by atoms with van der Waals surface area (Å²) in [5.74, 6) is 1.10. The van der Waals surface area contributed by atoms with E-state index in [1.807, 2.05) is 0 Å². The van der Waals surface area contributed by atoms with Gasteiger partial charge >= 0.3 is 5.91 Å². The number of hydrogen-bond donors (Lipinski definition) is 0. The summed E-state index contributed by atoms with van der Waals surface area (Å²) in [5.41, 5.74) is 0. The molecule has 1 heterocycles. The third-order valence-corrected chi connectivity index (χ3v) is 3.47. The highest BCUT2D eigenvalue weighted by molar-refractivity contribution is 5.74. The maximum absolute atomic E-state index is 11.7. The van der Waals surface area contributed by atoms with Crippen molar-refractivity contribution in [1.29, 1.82) is 0 Å².